The molecule has 2 aromatic rings. The first-order valence-electron chi connectivity index (χ1n) is 10.7. The molecule has 2 aliphatic heterocycles. The van der Waals surface area contributed by atoms with Gasteiger partial charge in [-0.25, -0.2) is 4.79 Å². The molecule has 1 unspecified atom stereocenters. The molecule has 1 N–H and O–H groups in total. The maximum Gasteiger partial charge on any atom is 0.321 e. The number of aryl methyl sites for hydroxylation is 1. The number of hydrogen-bond donors (Lipinski definition) is 1. The molecule has 7 heteroatoms. The molecule has 0 saturated carbocycles. The highest BCUT2D eigenvalue weighted by Crippen LogP contribution is 2.30. The van der Waals surface area contributed by atoms with Crippen LogP contribution < -0.4 is 10.2 Å². The second kappa shape index (κ2) is 8.79. The van der Waals surface area contributed by atoms with Crippen LogP contribution in [0.2, 0.25) is 0 Å². The van der Waals surface area contributed by atoms with Crippen molar-refractivity contribution in [2.24, 2.45) is 5.92 Å². The molecule has 7 nitrogen and oxygen atoms in total. The van der Waals surface area contributed by atoms with Crippen LogP contribution in [0.15, 0.2) is 48.5 Å². The molecule has 31 heavy (non-hydrogen) atoms. The van der Waals surface area contributed by atoms with Gasteiger partial charge in [0.05, 0.1) is 5.92 Å². The van der Waals surface area contributed by atoms with Crippen molar-refractivity contribution in [1.29, 1.82) is 0 Å². The lowest BCUT2D eigenvalue weighted by atomic mass is 10.1. The number of para-hydroxylation sites is 1. The predicted octanol–water partition coefficient (Wildman–Crippen LogP) is 3.03. The molecule has 2 heterocycles. The van der Waals surface area contributed by atoms with E-state index >= 15 is 0 Å². The number of hydrogen-bond acceptors (Lipinski definition) is 3. The van der Waals surface area contributed by atoms with Gasteiger partial charge in [-0.3, -0.25) is 9.59 Å². The summed E-state index contributed by atoms with van der Waals surface area (Å²) in [5, 5.41) is 2.88. The molecule has 0 spiro atoms. The maximum absolute atomic E-state index is 13.1. The Balaban J connectivity index is 1.33. The summed E-state index contributed by atoms with van der Waals surface area (Å²) in [6.45, 7) is 6.36. The van der Waals surface area contributed by atoms with Crippen molar-refractivity contribution in [2.45, 2.75) is 20.3 Å². The zero-order valence-corrected chi connectivity index (χ0v) is 18.0. The summed E-state index contributed by atoms with van der Waals surface area (Å²) < 4.78 is 0. The van der Waals surface area contributed by atoms with Gasteiger partial charge in [0, 0.05) is 50.5 Å². The second-order valence-corrected chi connectivity index (χ2v) is 8.23. The zero-order chi connectivity index (χ0) is 22.0. The van der Waals surface area contributed by atoms with E-state index in [2.05, 4.69) is 5.32 Å². The van der Waals surface area contributed by atoms with Gasteiger partial charge >= 0.3 is 6.03 Å². The average Bonchev–Trinajstić information content (AvgIpc) is 3.17. The van der Waals surface area contributed by atoms with Crippen LogP contribution in [0.5, 0.6) is 0 Å². The summed E-state index contributed by atoms with van der Waals surface area (Å²) in [5.74, 6) is -0.339. The van der Waals surface area contributed by atoms with Crippen LogP contribution >= 0.6 is 0 Å². The Hall–Kier alpha value is -3.35. The normalized spacial score (nSPS) is 19.0. The molecule has 2 fully saturated rings. The van der Waals surface area contributed by atoms with Crippen LogP contribution in [0.3, 0.4) is 0 Å². The molecule has 1 atom stereocenters. The van der Waals surface area contributed by atoms with Gasteiger partial charge < -0.3 is 20.0 Å². The smallest absolute Gasteiger partial charge is 0.321 e. The van der Waals surface area contributed by atoms with Gasteiger partial charge in [-0.15, -0.1) is 0 Å². The SMILES string of the molecule is Cc1cccc(N2CC(C(=O)N3CCN(C(=O)Nc4ccccc4)CC3)CC2=O)c1C. The van der Waals surface area contributed by atoms with E-state index in [1.165, 1.54) is 0 Å². The number of amides is 4. The monoisotopic (exact) mass is 420 g/mol. The fourth-order valence-corrected chi connectivity index (χ4v) is 4.25. The molecule has 2 aliphatic rings. The third kappa shape index (κ3) is 4.40. The Labute approximate surface area is 182 Å². The Bertz CT molecular complexity index is 984. The van der Waals surface area contributed by atoms with Gasteiger partial charge in [0.2, 0.25) is 11.8 Å². The first-order chi connectivity index (χ1) is 14.9. The number of nitrogens with one attached hydrogen (secondary N) is 1. The van der Waals surface area contributed by atoms with Gasteiger partial charge in [-0.2, -0.15) is 0 Å². The molecule has 162 valence electrons. The third-order valence-electron chi connectivity index (χ3n) is 6.24. The Morgan fingerprint density at radius 1 is 0.903 bits per heavy atom. The van der Waals surface area contributed by atoms with Crippen LogP contribution in [-0.2, 0) is 9.59 Å². The molecule has 2 aromatic carbocycles. The third-order valence-corrected chi connectivity index (χ3v) is 6.24. The summed E-state index contributed by atoms with van der Waals surface area (Å²) in [5.41, 5.74) is 3.84. The summed E-state index contributed by atoms with van der Waals surface area (Å²) in [6.07, 6.45) is 0.237. The van der Waals surface area contributed by atoms with Gasteiger partial charge in [0.25, 0.3) is 0 Å². The zero-order valence-electron chi connectivity index (χ0n) is 18.0. The number of benzene rings is 2. The molecule has 4 rings (SSSR count). The summed E-state index contributed by atoms with van der Waals surface area (Å²) in [7, 11) is 0. The van der Waals surface area contributed by atoms with Crippen LogP contribution in [0, 0.1) is 19.8 Å². The van der Waals surface area contributed by atoms with E-state index in [4.69, 9.17) is 0 Å². The molecule has 0 aliphatic carbocycles. The van der Waals surface area contributed by atoms with Crippen molar-refractivity contribution in [1.82, 2.24) is 9.80 Å². The van der Waals surface area contributed by atoms with E-state index in [9.17, 15) is 14.4 Å². The number of piperazine rings is 1. The minimum absolute atomic E-state index is 0.00396. The average molecular weight is 421 g/mol. The second-order valence-electron chi connectivity index (χ2n) is 8.23. The summed E-state index contributed by atoms with van der Waals surface area (Å²) >= 11 is 0. The first-order valence-corrected chi connectivity index (χ1v) is 10.7. The molecule has 0 bridgehead atoms. The van der Waals surface area contributed by atoms with Crippen molar-refractivity contribution < 1.29 is 14.4 Å². The van der Waals surface area contributed by atoms with E-state index < -0.39 is 0 Å². The highest BCUT2D eigenvalue weighted by Gasteiger charge is 2.38. The quantitative estimate of drug-likeness (QED) is 0.830. The maximum atomic E-state index is 13.1. The lowest BCUT2D eigenvalue weighted by Crippen LogP contribution is -2.53. The largest absolute Gasteiger partial charge is 0.339 e. The molecular weight excluding hydrogens is 392 g/mol. The number of rotatable bonds is 3. The molecular formula is C24H28N4O3. The number of carbonyl (C=O) groups excluding carboxylic acids is 3. The van der Waals surface area contributed by atoms with Crippen LogP contribution in [0.25, 0.3) is 0 Å². The minimum Gasteiger partial charge on any atom is -0.339 e. The number of urea groups is 1. The van der Waals surface area contributed by atoms with Gasteiger partial charge in [-0.1, -0.05) is 30.3 Å². The summed E-state index contributed by atoms with van der Waals surface area (Å²) in [6, 6.07) is 15.1. The minimum atomic E-state index is -0.336. The molecule has 4 amide bonds. The van der Waals surface area contributed by atoms with Crippen molar-refractivity contribution in [3.05, 3.63) is 59.7 Å². The Morgan fingerprint density at radius 2 is 1.58 bits per heavy atom. The van der Waals surface area contributed by atoms with Crippen LogP contribution in [0.4, 0.5) is 16.2 Å². The van der Waals surface area contributed by atoms with E-state index in [0.29, 0.717) is 32.7 Å². The van der Waals surface area contributed by atoms with E-state index in [1.54, 1.807) is 14.7 Å². The standard InChI is InChI=1S/C24H28N4O3/c1-17-7-6-10-21(18(17)2)28-16-19(15-22(28)29)23(30)26-11-13-27(14-12-26)24(31)25-20-8-4-3-5-9-20/h3-10,19H,11-16H2,1-2H3,(H,25,31). The Kier molecular flexibility index (Phi) is 5.93. The van der Waals surface area contributed by atoms with E-state index in [1.807, 2.05) is 62.4 Å². The van der Waals surface area contributed by atoms with E-state index in [0.717, 1.165) is 22.5 Å². The van der Waals surface area contributed by atoms with Gasteiger partial charge in [0.15, 0.2) is 0 Å². The van der Waals surface area contributed by atoms with Crippen molar-refractivity contribution >= 4 is 29.2 Å². The van der Waals surface area contributed by atoms with Gasteiger partial charge in [0.1, 0.15) is 0 Å². The lowest BCUT2D eigenvalue weighted by Gasteiger charge is -2.35. The van der Waals surface area contributed by atoms with Crippen molar-refractivity contribution in [3.8, 4) is 0 Å². The highest BCUT2D eigenvalue weighted by molar-refractivity contribution is 6.01. The highest BCUT2D eigenvalue weighted by atomic mass is 16.2. The topological polar surface area (TPSA) is 73.0 Å². The predicted molar refractivity (Wildman–Crippen MR) is 120 cm³/mol. The van der Waals surface area contributed by atoms with Crippen molar-refractivity contribution in [2.75, 3.05) is 42.9 Å². The van der Waals surface area contributed by atoms with E-state index in [-0.39, 0.29) is 30.2 Å². The summed E-state index contributed by atoms with van der Waals surface area (Å²) in [4.78, 5) is 43.4. The Morgan fingerprint density at radius 3 is 2.29 bits per heavy atom. The van der Waals surface area contributed by atoms with Crippen LogP contribution in [0.1, 0.15) is 17.5 Å². The molecule has 0 radical (unpaired) electrons. The molecule has 0 aromatic heterocycles. The lowest BCUT2D eigenvalue weighted by molar-refractivity contribution is -0.137. The number of anilines is 2. The number of carbonyl (C=O) groups is 3. The van der Waals surface area contributed by atoms with Crippen LogP contribution in [-0.4, -0.2) is 60.4 Å². The molecule has 2 saturated heterocycles. The fourth-order valence-electron chi connectivity index (χ4n) is 4.25. The van der Waals surface area contributed by atoms with Gasteiger partial charge in [-0.05, 0) is 43.2 Å². The first kappa shape index (κ1) is 20.9. The number of nitrogens with zero attached hydrogens (tertiary/aromatic N) is 3. The fraction of sp³-hybridized carbons (Fsp3) is 0.375. The van der Waals surface area contributed by atoms with Crippen molar-refractivity contribution in [3.63, 3.8) is 0 Å².